The van der Waals surface area contributed by atoms with Crippen molar-refractivity contribution in [3.8, 4) is 11.5 Å². The van der Waals surface area contributed by atoms with Crippen LogP contribution in [0.5, 0.6) is 0 Å². The van der Waals surface area contributed by atoms with Crippen molar-refractivity contribution in [1.82, 2.24) is 15.2 Å². The van der Waals surface area contributed by atoms with Crippen molar-refractivity contribution in [2.75, 3.05) is 19.7 Å². The van der Waals surface area contributed by atoms with Gasteiger partial charge in [0.15, 0.2) is 0 Å². The maximum Gasteiger partial charge on any atom is 0.317 e. The minimum atomic E-state index is -0.0920. The first-order valence-corrected chi connectivity index (χ1v) is 7.89. The molecule has 1 aliphatic heterocycles. The maximum atomic E-state index is 12.1. The molecule has 3 rings (SSSR count). The molecule has 1 aromatic heterocycles. The molecule has 0 bridgehead atoms. The number of hydrogen-bond donors (Lipinski definition) is 2. The first-order valence-electron chi connectivity index (χ1n) is 7.89. The third kappa shape index (κ3) is 3.90. The van der Waals surface area contributed by atoms with E-state index in [4.69, 9.17) is 9.52 Å². The third-order valence-corrected chi connectivity index (χ3v) is 4.15. The summed E-state index contributed by atoms with van der Waals surface area (Å²) in [5.74, 6) is 0.877. The molecule has 2 amide bonds. The van der Waals surface area contributed by atoms with E-state index in [0.29, 0.717) is 37.1 Å². The lowest BCUT2D eigenvalue weighted by atomic mass is 9.98. The van der Waals surface area contributed by atoms with E-state index < -0.39 is 0 Å². The standard InChI is InChI=1S/C17H21N3O3/c21-11-13-6-8-20(9-7-13)17(22)18-10-15-12-23-16(19-15)14-4-2-1-3-5-14/h1-5,12-13,21H,6-11H2,(H,18,22). The molecule has 0 unspecified atom stereocenters. The van der Waals surface area contributed by atoms with Crippen LogP contribution < -0.4 is 5.32 Å². The Morgan fingerprint density at radius 1 is 1.30 bits per heavy atom. The fourth-order valence-corrected chi connectivity index (χ4v) is 2.70. The topological polar surface area (TPSA) is 78.6 Å². The van der Waals surface area contributed by atoms with Gasteiger partial charge in [-0.3, -0.25) is 0 Å². The number of oxazole rings is 1. The zero-order valence-electron chi connectivity index (χ0n) is 12.9. The summed E-state index contributed by atoms with van der Waals surface area (Å²) < 4.78 is 5.45. The van der Waals surface area contributed by atoms with Crippen LogP contribution in [0.1, 0.15) is 18.5 Å². The van der Waals surface area contributed by atoms with E-state index in [1.807, 2.05) is 30.3 Å². The molecule has 2 N–H and O–H groups in total. The fourth-order valence-electron chi connectivity index (χ4n) is 2.70. The zero-order valence-corrected chi connectivity index (χ0v) is 12.9. The molecular formula is C17H21N3O3. The highest BCUT2D eigenvalue weighted by molar-refractivity contribution is 5.74. The van der Waals surface area contributed by atoms with Crippen LogP contribution in [0.4, 0.5) is 4.79 Å². The van der Waals surface area contributed by atoms with Crippen LogP contribution in [0.2, 0.25) is 0 Å². The highest BCUT2D eigenvalue weighted by Gasteiger charge is 2.22. The lowest BCUT2D eigenvalue weighted by molar-refractivity contribution is 0.137. The van der Waals surface area contributed by atoms with Gasteiger partial charge in [-0.15, -0.1) is 0 Å². The number of carbonyl (C=O) groups is 1. The Morgan fingerprint density at radius 3 is 2.74 bits per heavy atom. The highest BCUT2D eigenvalue weighted by Crippen LogP contribution is 2.18. The number of piperidine rings is 1. The number of aliphatic hydroxyl groups is 1. The number of nitrogens with one attached hydrogen (secondary N) is 1. The molecule has 6 nitrogen and oxygen atoms in total. The van der Waals surface area contributed by atoms with Gasteiger partial charge in [-0.1, -0.05) is 18.2 Å². The monoisotopic (exact) mass is 315 g/mol. The minimum Gasteiger partial charge on any atom is -0.444 e. The Balaban J connectivity index is 1.51. The van der Waals surface area contributed by atoms with E-state index in [1.54, 1.807) is 11.2 Å². The number of aliphatic hydroxyl groups excluding tert-OH is 1. The average Bonchev–Trinajstić information content (AvgIpc) is 3.09. The van der Waals surface area contributed by atoms with Crippen LogP contribution in [-0.4, -0.2) is 40.7 Å². The summed E-state index contributed by atoms with van der Waals surface area (Å²) in [7, 11) is 0. The van der Waals surface area contributed by atoms with E-state index in [0.717, 1.165) is 18.4 Å². The number of nitrogens with zero attached hydrogens (tertiary/aromatic N) is 2. The van der Waals surface area contributed by atoms with E-state index in [-0.39, 0.29) is 12.6 Å². The van der Waals surface area contributed by atoms with Gasteiger partial charge in [0.25, 0.3) is 0 Å². The molecule has 6 heteroatoms. The molecule has 2 aromatic rings. The van der Waals surface area contributed by atoms with Gasteiger partial charge in [0, 0.05) is 25.3 Å². The van der Waals surface area contributed by atoms with Crippen molar-refractivity contribution in [3.05, 3.63) is 42.3 Å². The summed E-state index contributed by atoms with van der Waals surface area (Å²) in [5, 5.41) is 12.0. The number of amides is 2. The van der Waals surface area contributed by atoms with Gasteiger partial charge < -0.3 is 19.7 Å². The Kier molecular flexibility index (Phi) is 4.92. The van der Waals surface area contributed by atoms with Gasteiger partial charge in [0.2, 0.25) is 5.89 Å². The Bertz CT molecular complexity index is 634. The van der Waals surface area contributed by atoms with Crippen molar-refractivity contribution in [2.24, 2.45) is 5.92 Å². The lowest BCUT2D eigenvalue weighted by Gasteiger charge is -2.31. The molecule has 1 aromatic carbocycles. The van der Waals surface area contributed by atoms with Crippen LogP contribution >= 0.6 is 0 Å². The summed E-state index contributed by atoms with van der Waals surface area (Å²) in [5.41, 5.74) is 1.61. The normalized spacial score (nSPS) is 15.6. The highest BCUT2D eigenvalue weighted by atomic mass is 16.3. The lowest BCUT2D eigenvalue weighted by Crippen LogP contribution is -2.44. The SMILES string of the molecule is O=C(NCc1coc(-c2ccccc2)n1)N1CCC(CO)CC1. The Labute approximate surface area is 135 Å². The molecule has 2 heterocycles. The molecular weight excluding hydrogens is 294 g/mol. The molecule has 0 aliphatic carbocycles. The predicted molar refractivity (Wildman–Crippen MR) is 85.6 cm³/mol. The number of aromatic nitrogens is 1. The van der Waals surface area contributed by atoms with Crippen molar-refractivity contribution in [2.45, 2.75) is 19.4 Å². The quantitative estimate of drug-likeness (QED) is 0.907. The molecule has 23 heavy (non-hydrogen) atoms. The molecule has 122 valence electrons. The van der Waals surface area contributed by atoms with Gasteiger partial charge in [-0.25, -0.2) is 9.78 Å². The van der Waals surface area contributed by atoms with Crippen molar-refractivity contribution in [1.29, 1.82) is 0 Å². The average molecular weight is 315 g/mol. The van der Waals surface area contributed by atoms with Gasteiger partial charge in [-0.2, -0.15) is 0 Å². The number of likely N-dealkylation sites (tertiary alicyclic amines) is 1. The zero-order chi connectivity index (χ0) is 16.1. The third-order valence-electron chi connectivity index (χ3n) is 4.15. The van der Waals surface area contributed by atoms with E-state index in [2.05, 4.69) is 10.3 Å². The number of carbonyl (C=O) groups excluding carboxylic acids is 1. The van der Waals surface area contributed by atoms with Crippen LogP contribution in [0.25, 0.3) is 11.5 Å². The second-order valence-corrected chi connectivity index (χ2v) is 5.78. The molecule has 0 saturated carbocycles. The van der Waals surface area contributed by atoms with Crippen LogP contribution in [0.15, 0.2) is 41.0 Å². The first-order chi connectivity index (χ1) is 11.3. The van der Waals surface area contributed by atoms with Gasteiger partial charge in [0.1, 0.15) is 6.26 Å². The van der Waals surface area contributed by atoms with E-state index in [1.165, 1.54) is 0 Å². The van der Waals surface area contributed by atoms with Gasteiger partial charge in [0.05, 0.1) is 12.2 Å². The molecule has 1 aliphatic rings. The summed E-state index contributed by atoms with van der Waals surface area (Å²) in [4.78, 5) is 18.3. The predicted octanol–water partition coefficient (Wildman–Crippen LogP) is 2.26. The summed E-state index contributed by atoms with van der Waals surface area (Å²) in [6, 6.07) is 9.56. The van der Waals surface area contributed by atoms with Gasteiger partial charge in [-0.05, 0) is 30.9 Å². The second-order valence-electron chi connectivity index (χ2n) is 5.78. The number of benzene rings is 1. The number of hydrogen-bond acceptors (Lipinski definition) is 4. The van der Waals surface area contributed by atoms with E-state index >= 15 is 0 Å². The Hall–Kier alpha value is -2.34. The molecule has 1 fully saturated rings. The van der Waals surface area contributed by atoms with E-state index in [9.17, 15) is 4.79 Å². The Morgan fingerprint density at radius 2 is 2.04 bits per heavy atom. The fraction of sp³-hybridized carbons (Fsp3) is 0.412. The summed E-state index contributed by atoms with van der Waals surface area (Å²) in [6.07, 6.45) is 3.28. The van der Waals surface area contributed by atoms with Crippen molar-refractivity contribution >= 4 is 6.03 Å². The smallest absolute Gasteiger partial charge is 0.317 e. The van der Waals surface area contributed by atoms with Gasteiger partial charge >= 0.3 is 6.03 Å². The molecule has 0 spiro atoms. The summed E-state index contributed by atoms with van der Waals surface area (Å²) >= 11 is 0. The van der Waals surface area contributed by atoms with Crippen molar-refractivity contribution < 1.29 is 14.3 Å². The summed E-state index contributed by atoms with van der Waals surface area (Å²) in [6.45, 7) is 1.92. The largest absolute Gasteiger partial charge is 0.444 e. The maximum absolute atomic E-state index is 12.1. The molecule has 0 atom stereocenters. The first kappa shape index (κ1) is 15.6. The minimum absolute atomic E-state index is 0.0920. The van der Waals surface area contributed by atoms with Crippen molar-refractivity contribution in [3.63, 3.8) is 0 Å². The second kappa shape index (κ2) is 7.28. The van der Waals surface area contributed by atoms with Crippen LogP contribution in [0, 0.1) is 5.92 Å². The molecule has 0 radical (unpaired) electrons. The number of urea groups is 1. The van der Waals surface area contributed by atoms with Crippen LogP contribution in [-0.2, 0) is 6.54 Å². The molecule has 1 saturated heterocycles. The number of rotatable bonds is 4. The van der Waals surface area contributed by atoms with Crippen LogP contribution in [0.3, 0.4) is 0 Å².